The molecule has 1 fully saturated rings. The van der Waals surface area contributed by atoms with Crippen LogP contribution in [0.4, 0.5) is 0 Å². The van der Waals surface area contributed by atoms with Crippen molar-refractivity contribution < 1.29 is 0 Å². The molecule has 1 aromatic rings. The molecule has 0 amide bonds. The summed E-state index contributed by atoms with van der Waals surface area (Å²) in [4.78, 5) is 0. The molecule has 0 bridgehead atoms. The molecular weight excluding hydrogens is 226 g/mol. The van der Waals surface area contributed by atoms with Crippen molar-refractivity contribution in [1.29, 1.82) is 0 Å². The maximum absolute atomic E-state index is 3.56. The molecule has 2 rings (SSSR count). The lowest BCUT2D eigenvalue weighted by molar-refractivity contribution is 0.342. The van der Waals surface area contributed by atoms with Gasteiger partial charge in [-0.3, -0.25) is 0 Å². The van der Waals surface area contributed by atoms with Crippen molar-refractivity contribution in [3.8, 4) is 0 Å². The molecule has 0 unspecified atom stereocenters. The first kappa shape index (κ1) is 13.0. The van der Waals surface area contributed by atoms with Gasteiger partial charge in [-0.05, 0) is 47.7 Å². The molecule has 1 aromatic heterocycles. The van der Waals surface area contributed by atoms with E-state index >= 15 is 0 Å². The summed E-state index contributed by atoms with van der Waals surface area (Å²) in [7, 11) is 0. The van der Waals surface area contributed by atoms with Gasteiger partial charge in [0.1, 0.15) is 0 Å². The summed E-state index contributed by atoms with van der Waals surface area (Å²) in [6, 6.07) is 2.21. The molecule has 1 aliphatic rings. The molecule has 0 saturated heterocycles. The summed E-state index contributed by atoms with van der Waals surface area (Å²) in [6.07, 6.45) is 7.24. The monoisotopic (exact) mass is 245 g/mol. The first-order valence-electron chi connectivity index (χ1n) is 5.67. The van der Waals surface area contributed by atoms with Gasteiger partial charge in [0, 0.05) is 6.54 Å². The molecule has 0 spiro atoms. The highest BCUT2D eigenvalue weighted by molar-refractivity contribution is 7.07. The van der Waals surface area contributed by atoms with E-state index in [0.717, 1.165) is 12.5 Å². The molecule has 1 aliphatic carbocycles. The van der Waals surface area contributed by atoms with Crippen molar-refractivity contribution in [3.05, 3.63) is 22.4 Å². The zero-order valence-corrected chi connectivity index (χ0v) is 10.7. The van der Waals surface area contributed by atoms with Crippen LogP contribution in [0.1, 0.15) is 37.7 Å². The highest BCUT2D eigenvalue weighted by Crippen LogP contribution is 2.22. The fourth-order valence-electron chi connectivity index (χ4n) is 2.21. The van der Waals surface area contributed by atoms with Gasteiger partial charge in [-0.2, -0.15) is 11.3 Å². The van der Waals surface area contributed by atoms with Crippen LogP contribution in [0.3, 0.4) is 0 Å². The van der Waals surface area contributed by atoms with E-state index in [1.807, 2.05) is 0 Å². The minimum Gasteiger partial charge on any atom is -0.312 e. The van der Waals surface area contributed by atoms with Gasteiger partial charge in [0.2, 0.25) is 0 Å². The summed E-state index contributed by atoms with van der Waals surface area (Å²) >= 11 is 1.79. The molecule has 0 atom stereocenters. The Morgan fingerprint density at radius 2 is 2.07 bits per heavy atom. The van der Waals surface area contributed by atoms with Gasteiger partial charge < -0.3 is 5.32 Å². The van der Waals surface area contributed by atoms with Crippen molar-refractivity contribution in [1.82, 2.24) is 5.32 Å². The maximum atomic E-state index is 3.56. The van der Waals surface area contributed by atoms with Crippen LogP contribution < -0.4 is 5.32 Å². The first-order valence-corrected chi connectivity index (χ1v) is 6.61. The Labute approximate surface area is 103 Å². The Kier molecular flexibility index (Phi) is 6.30. The lowest BCUT2D eigenvalue weighted by Gasteiger charge is -2.21. The third-order valence-electron chi connectivity index (χ3n) is 3.07. The van der Waals surface area contributed by atoms with Gasteiger partial charge in [-0.1, -0.05) is 19.3 Å². The highest BCUT2D eigenvalue weighted by Gasteiger charge is 2.12. The molecule has 86 valence electrons. The number of halogens is 1. The zero-order chi connectivity index (χ0) is 9.64. The standard InChI is InChI=1S/C12H19NS.ClH/c1-2-4-11(5-3-1)8-13-9-12-6-7-14-10-12;/h6-7,10-11,13H,1-5,8-9H2;1H. The second-order valence-corrected chi connectivity index (χ2v) is 5.05. The molecular formula is C12H20ClNS. The second-order valence-electron chi connectivity index (χ2n) is 4.27. The summed E-state index contributed by atoms with van der Waals surface area (Å²) in [5.41, 5.74) is 1.44. The number of hydrogen-bond acceptors (Lipinski definition) is 2. The van der Waals surface area contributed by atoms with Gasteiger partial charge >= 0.3 is 0 Å². The molecule has 0 aromatic carbocycles. The third kappa shape index (κ3) is 4.54. The molecule has 15 heavy (non-hydrogen) atoms. The Morgan fingerprint density at radius 3 is 2.73 bits per heavy atom. The molecule has 0 aliphatic heterocycles. The summed E-state index contributed by atoms with van der Waals surface area (Å²) in [5, 5.41) is 7.94. The topological polar surface area (TPSA) is 12.0 Å². The van der Waals surface area contributed by atoms with Crippen LogP contribution in [-0.4, -0.2) is 6.54 Å². The summed E-state index contributed by atoms with van der Waals surface area (Å²) in [6.45, 7) is 2.27. The van der Waals surface area contributed by atoms with Crippen molar-refractivity contribution in [2.24, 2.45) is 5.92 Å². The second kappa shape index (κ2) is 7.26. The Morgan fingerprint density at radius 1 is 1.27 bits per heavy atom. The van der Waals surface area contributed by atoms with E-state index in [1.54, 1.807) is 11.3 Å². The van der Waals surface area contributed by atoms with Gasteiger partial charge in [-0.15, -0.1) is 12.4 Å². The molecule has 1 N–H and O–H groups in total. The minimum absolute atomic E-state index is 0. The predicted octanol–water partition coefficient (Wildman–Crippen LogP) is 3.84. The van der Waals surface area contributed by atoms with Crippen molar-refractivity contribution >= 4 is 23.7 Å². The van der Waals surface area contributed by atoms with E-state index in [-0.39, 0.29) is 12.4 Å². The van der Waals surface area contributed by atoms with Crippen LogP contribution in [-0.2, 0) is 6.54 Å². The smallest absolute Gasteiger partial charge is 0.0213 e. The molecule has 1 saturated carbocycles. The van der Waals surface area contributed by atoms with E-state index in [1.165, 1.54) is 44.2 Å². The van der Waals surface area contributed by atoms with Gasteiger partial charge in [0.15, 0.2) is 0 Å². The molecule has 1 heterocycles. The normalized spacial score (nSPS) is 17.3. The lowest BCUT2D eigenvalue weighted by Crippen LogP contribution is -2.23. The summed E-state index contributed by atoms with van der Waals surface area (Å²) < 4.78 is 0. The summed E-state index contributed by atoms with van der Waals surface area (Å²) in [5.74, 6) is 0.947. The first-order chi connectivity index (χ1) is 6.95. The van der Waals surface area contributed by atoms with Crippen LogP contribution in [0.5, 0.6) is 0 Å². The average Bonchev–Trinajstić information content (AvgIpc) is 2.72. The van der Waals surface area contributed by atoms with E-state index in [9.17, 15) is 0 Å². The van der Waals surface area contributed by atoms with E-state index in [0.29, 0.717) is 0 Å². The number of nitrogens with one attached hydrogen (secondary N) is 1. The number of thiophene rings is 1. The van der Waals surface area contributed by atoms with Crippen LogP contribution in [0.25, 0.3) is 0 Å². The highest BCUT2D eigenvalue weighted by atomic mass is 35.5. The van der Waals surface area contributed by atoms with E-state index in [2.05, 4.69) is 22.1 Å². The lowest BCUT2D eigenvalue weighted by atomic mass is 9.89. The van der Waals surface area contributed by atoms with Crippen molar-refractivity contribution in [2.45, 2.75) is 38.6 Å². The largest absolute Gasteiger partial charge is 0.312 e. The fourth-order valence-corrected chi connectivity index (χ4v) is 2.87. The van der Waals surface area contributed by atoms with Crippen molar-refractivity contribution in [2.75, 3.05) is 6.54 Å². The number of rotatable bonds is 4. The van der Waals surface area contributed by atoms with E-state index < -0.39 is 0 Å². The molecule has 3 heteroatoms. The van der Waals surface area contributed by atoms with Crippen LogP contribution >= 0.6 is 23.7 Å². The average molecular weight is 246 g/mol. The van der Waals surface area contributed by atoms with E-state index in [4.69, 9.17) is 0 Å². The fraction of sp³-hybridized carbons (Fsp3) is 0.667. The van der Waals surface area contributed by atoms with Gasteiger partial charge in [-0.25, -0.2) is 0 Å². The Hall–Kier alpha value is -0.0500. The SMILES string of the molecule is Cl.c1cc(CNCC2CCCCC2)cs1. The van der Waals surface area contributed by atoms with Crippen LogP contribution in [0.15, 0.2) is 16.8 Å². The Balaban J connectivity index is 0.00000112. The molecule has 0 radical (unpaired) electrons. The zero-order valence-electron chi connectivity index (χ0n) is 9.08. The van der Waals surface area contributed by atoms with Crippen LogP contribution in [0, 0.1) is 5.92 Å². The third-order valence-corrected chi connectivity index (χ3v) is 3.80. The minimum atomic E-state index is 0. The van der Waals surface area contributed by atoms with Gasteiger partial charge in [0.25, 0.3) is 0 Å². The molecule has 1 nitrogen and oxygen atoms in total. The quantitative estimate of drug-likeness (QED) is 0.850. The van der Waals surface area contributed by atoms with Crippen molar-refractivity contribution in [3.63, 3.8) is 0 Å². The Bertz CT molecular complexity index is 242. The maximum Gasteiger partial charge on any atom is 0.0213 e. The van der Waals surface area contributed by atoms with Crippen LogP contribution in [0.2, 0.25) is 0 Å². The van der Waals surface area contributed by atoms with Gasteiger partial charge in [0.05, 0.1) is 0 Å². The predicted molar refractivity (Wildman–Crippen MR) is 69.8 cm³/mol. The number of hydrogen-bond donors (Lipinski definition) is 1.